The summed E-state index contributed by atoms with van der Waals surface area (Å²) in [5.74, 6) is 1.85. The molecular weight excluding hydrogens is 354 g/mol. The van der Waals surface area contributed by atoms with Gasteiger partial charge in [0.05, 0.1) is 6.61 Å². The number of anilines is 3. The first-order valence-corrected chi connectivity index (χ1v) is 9.85. The van der Waals surface area contributed by atoms with E-state index in [-0.39, 0.29) is 6.09 Å². The molecule has 1 aromatic heterocycles. The highest BCUT2D eigenvalue weighted by Gasteiger charge is 2.23. The minimum atomic E-state index is -0.243. The van der Waals surface area contributed by atoms with Gasteiger partial charge in [0.15, 0.2) is 0 Å². The SMILES string of the molecule is CCOC(=O)N1CCN(c2ccnc(Nc3c(C)cccc3C(C)C)n2)CC1. The monoisotopic (exact) mass is 383 g/mol. The molecule has 0 saturated carbocycles. The molecule has 0 aliphatic carbocycles. The Balaban J connectivity index is 1.72. The molecule has 2 heterocycles. The highest BCUT2D eigenvalue weighted by atomic mass is 16.6. The number of hydrogen-bond acceptors (Lipinski definition) is 6. The number of rotatable bonds is 5. The number of hydrogen-bond donors (Lipinski definition) is 1. The molecule has 28 heavy (non-hydrogen) atoms. The number of amides is 1. The summed E-state index contributed by atoms with van der Waals surface area (Å²) in [5, 5.41) is 3.41. The number of nitrogens with zero attached hydrogens (tertiary/aromatic N) is 4. The molecule has 1 N–H and O–H groups in total. The largest absolute Gasteiger partial charge is 0.450 e. The van der Waals surface area contributed by atoms with Gasteiger partial charge in [0.25, 0.3) is 0 Å². The van der Waals surface area contributed by atoms with Crippen LogP contribution in [-0.4, -0.2) is 53.7 Å². The van der Waals surface area contributed by atoms with E-state index in [0.29, 0.717) is 31.6 Å². The Morgan fingerprint density at radius 1 is 1.21 bits per heavy atom. The van der Waals surface area contributed by atoms with E-state index in [1.54, 1.807) is 11.1 Å². The number of piperazine rings is 1. The summed E-state index contributed by atoms with van der Waals surface area (Å²) < 4.78 is 5.08. The van der Waals surface area contributed by atoms with Crippen LogP contribution in [-0.2, 0) is 4.74 Å². The van der Waals surface area contributed by atoms with Crippen molar-refractivity contribution in [2.75, 3.05) is 43.0 Å². The van der Waals surface area contributed by atoms with Gasteiger partial charge >= 0.3 is 6.09 Å². The van der Waals surface area contributed by atoms with Gasteiger partial charge in [0.2, 0.25) is 5.95 Å². The zero-order valence-electron chi connectivity index (χ0n) is 17.1. The Labute approximate surface area is 166 Å². The van der Waals surface area contributed by atoms with Crippen LogP contribution < -0.4 is 10.2 Å². The van der Waals surface area contributed by atoms with E-state index in [4.69, 9.17) is 9.72 Å². The molecule has 0 atom stereocenters. The third kappa shape index (κ3) is 4.52. The smallest absolute Gasteiger partial charge is 0.409 e. The number of nitrogens with one attached hydrogen (secondary N) is 1. The molecular formula is C21H29N5O2. The number of ether oxygens (including phenoxy) is 1. The summed E-state index contributed by atoms with van der Waals surface area (Å²) in [7, 11) is 0. The highest BCUT2D eigenvalue weighted by Crippen LogP contribution is 2.29. The van der Waals surface area contributed by atoms with Crippen LogP contribution >= 0.6 is 0 Å². The van der Waals surface area contributed by atoms with Crippen molar-refractivity contribution in [1.82, 2.24) is 14.9 Å². The normalized spacial score (nSPS) is 14.3. The Morgan fingerprint density at radius 2 is 1.96 bits per heavy atom. The van der Waals surface area contributed by atoms with Gasteiger partial charge in [-0.3, -0.25) is 0 Å². The topological polar surface area (TPSA) is 70.6 Å². The predicted molar refractivity (Wildman–Crippen MR) is 111 cm³/mol. The molecule has 2 aromatic rings. The molecule has 1 aliphatic rings. The molecule has 0 unspecified atom stereocenters. The molecule has 150 valence electrons. The van der Waals surface area contributed by atoms with E-state index in [1.165, 1.54) is 11.1 Å². The predicted octanol–water partition coefficient (Wildman–Crippen LogP) is 3.93. The Bertz CT molecular complexity index is 816. The number of aromatic nitrogens is 2. The van der Waals surface area contributed by atoms with Crippen molar-refractivity contribution in [2.45, 2.75) is 33.6 Å². The molecule has 0 bridgehead atoms. The lowest BCUT2D eigenvalue weighted by molar-refractivity contribution is 0.105. The maximum absolute atomic E-state index is 11.9. The average molecular weight is 383 g/mol. The fourth-order valence-corrected chi connectivity index (χ4v) is 3.37. The van der Waals surface area contributed by atoms with E-state index in [0.717, 1.165) is 24.6 Å². The van der Waals surface area contributed by atoms with Gasteiger partial charge in [-0.1, -0.05) is 32.0 Å². The average Bonchev–Trinajstić information content (AvgIpc) is 2.70. The van der Waals surface area contributed by atoms with Crippen molar-refractivity contribution in [1.29, 1.82) is 0 Å². The van der Waals surface area contributed by atoms with Crippen LogP contribution in [0.15, 0.2) is 30.5 Å². The minimum Gasteiger partial charge on any atom is -0.450 e. The summed E-state index contributed by atoms with van der Waals surface area (Å²) in [6, 6.07) is 8.22. The fourth-order valence-electron chi connectivity index (χ4n) is 3.37. The van der Waals surface area contributed by atoms with Crippen LogP contribution in [0.3, 0.4) is 0 Å². The van der Waals surface area contributed by atoms with Crippen molar-refractivity contribution in [2.24, 2.45) is 0 Å². The van der Waals surface area contributed by atoms with Gasteiger partial charge in [-0.05, 0) is 37.0 Å². The van der Waals surface area contributed by atoms with E-state index in [2.05, 4.69) is 54.2 Å². The van der Waals surface area contributed by atoms with Crippen molar-refractivity contribution >= 4 is 23.5 Å². The summed E-state index contributed by atoms with van der Waals surface area (Å²) in [6.45, 7) is 11.4. The number of benzene rings is 1. The second kappa shape index (κ2) is 8.91. The number of aryl methyl sites for hydroxylation is 1. The third-order valence-electron chi connectivity index (χ3n) is 4.93. The van der Waals surface area contributed by atoms with E-state index in [9.17, 15) is 4.79 Å². The van der Waals surface area contributed by atoms with Crippen LogP contribution in [0.25, 0.3) is 0 Å². The molecule has 1 aromatic carbocycles. The minimum absolute atomic E-state index is 0.243. The van der Waals surface area contributed by atoms with Crippen LogP contribution in [0.2, 0.25) is 0 Å². The Hall–Kier alpha value is -2.83. The maximum atomic E-state index is 11.9. The van der Waals surface area contributed by atoms with Gasteiger partial charge in [-0.25, -0.2) is 9.78 Å². The zero-order valence-corrected chi connectivity index (χ0v) is 17.1. The van der Waals surface area contributed by atoms with Gasteiger partial charge in [-0.2, -0.15) is 4.98 Å². The van der Waals surface area contributed by atoms with Crippen LogP contribution in [0.1, 0.15) is 37.8 Å². The molecule has 7 nitrogen and oxygen atoms in total. The lowest BCUT2D eigenvalue weighted by Crippen LogP contribution is -2.49. The van der Waals surface area contributed by atoms with E-state index >= 15 is 0 Å². The molecule has 1 fully saturated rings. The van der Waals surface area contributed by atoms with Crippen LogP contribution in [0.4, 0.5) is 22.2 Å². The Kier molecular flexibility index (Phi) is 6.34. The van der Waals surface area contributed by atoms with Crippen molar-refractivity contribution in [3.63, 3.8) is 0 Å². The van der Waals surface area contributed by atoms with Crippen molar-refractivity contribution in [3.8, 4) is 0 Å². The molecule has 0 radical (unpaired) electrons. The second-order valence-corrected chi connectivity index (χ2v) is 7.23. The fraction of sp³-hybridized carbons (Fsp3) is 0.476. The van der Waals surface area contributed by atoms with Crippen LogP contribution in [0, 0.1) is 6.92 Å². The first-order valence-electron chi connectivity index (χ1n) is 9.85. The van der Waals surface area contributed by atoms with Gasteiger partial charge in [0.1, 0.15) is 5.82 Å². The molecule has 0 spiro atoms. The zero-order chi connectivity index (χ0) is 20.1. The summed E-state index contributed by atoms with van der Waals surface area (Å²) in [4.78, 5) is 24.9. The summed E-state index contributed by atoms with van der Waals surface area (Å²) >= 11 is 0. The van der Waals surface area contributed by atoms with E-state index < -0.39 is 0 Å². The number of carbonyl (C=O) groups excluding carboxylic acids is 1. The first kappa shape index (κ1) is 19.9. The van der Waals surface area contributed by atoms with Crippen LogP contribution in [0.5, 0.6) is 0 Å². The standard InChI is InChI=1S/C21H29N5O2/c1-5-28-21(27)26-13-11-25(12-14-26)18-9-10-22-20(23-18)24-19-16(4)7-6-8-17(19)15(2)3/h6-10,15H,5,11-14H2,1-4H3,(H,22,23,24). The molecule has 1 saturated heterocycles. The van der Waals surface area contributed by atoms with Gasteiger partial charge in [0, 0.05) is 38.1 Å². The first-order chi connectivity index (χ1) is 13.5. The van der Waals surface area contributed by atoms with Crippen molar-refractivity contribution < 1.29 is 9.53 Å². The molecule has 7 heteroatoms. The maximum Gasteiger partial charge on any atom is 0.409 e. The highest BCUT2D eigenvalue weighted by molar-refractivity contribution is 5.68. The number of carbonyl (C=O) groups is 1. The second-order valence-electron chi connectivity index (χ2n) is 7.23. The molecule has 3 rings (SSSR count). The third-order valence-corrected chi connectivity index (χ3v) is 4.93. The molecule has 1 amide bonds. The van der Waals surface area contributed by atoms with Crippen molar-refractivity contribution in [3.05, 3.63) is 41.6 Å². The van der Waals surface area contributed by atoms with Gasteiger partial charge in [-0.15, -0.1) is 0 Å². The van der Waals surface area contributed by atoms with E-state index in [1.807, 2.05) is 13.0 Å². The summed E-state index contributed by atoms with van der Waals surface area (Å²) in [5.41, 5.74) is 3.49. The summed E-state index contributed by atoms with van der Waals surface area (Å²) in [6.07, 6.45) is 1.53. The number of para-hydroxylation sites is 1. The lowest BCUT2D eigenvalue weighted by atomic mass is 9.98. The quantitative estimate of drug-likeness (QED) is 0.844. The van der Waals surface area contributed by atoms with Gasteiger partial charge < -0.3 is 19.9 Å². The Morgan fingerprint density at radius 3 is 2.64 bits per heavy atom. The molecule has 1 aliphatic heterocycles. The lowest BCUT2D eigenvalue weighted by Gasteiger charge is -2.34.